The predicted molar refractivity (Wildman–Crippen MR) is 154 cm³/mol. The van der Waals surface area contributed by atoms with Gasteiger partial charge in [-0.15, -0.1) is 0 Å². The molecule has 194 valence electrons. The molecule has 0 radical (unpaired) electrons. The minimum Gasteiger partial charge on any atom is -0.492 e. The number of aromatic nitrogens is 2. The van der Waals surface area contributed by atoms with E-state index in [2.05, 4.69) is 83.1 Å². The molecule has 38 heavy (non-hydrogen) atoms. The number of hydrogen-bond acceptors (Lipinski definition) is 4. The molecule has 0 spiro atoms. The van der Waals surface area contributed by atoms with Gasteiger partial charge in [0, 0.05) is 37.6 Å². The van der Waals surface area contributed by atoms with Crippen molar-refractivity contribution in [2.24, 2.45) is 0 Å². The number of carbonyl (C=O) groups excluding carboxylic acids is 1. The molecule has 1 aromatic heterocycles. The van der Waals surface area contributed by atoms with Crippen LogP contribution in [0.3, 0.4) is 0 Å². The second-order valence-electron chi connectivity index (χ2n) is 9.40. The number of hydrogen-bond donors (Lipinski definition) is 2. The molecule has 6 nitrogen and oxygen atoms in total. The second kappa shape index (κ2) is 12.4. The third-order valence-corrected chi connectivity index (χ3v) is 6.89. The molecule has 2 heterocycles. The lowest BCUT2D eigenvalue weighted by molar-refractivity contribution is -0.129. The molecule has 5 rings (SSSR count). The Balaban J connectivity index is 1.27. The summed E-state index contributed by atoms with van der Waals surface area (Å²) in [6, 6.07) is 25.4. The van der Waals surface area contributed by atoms with Gasteiger partial charge in [-0.2, -0.15) is 5.10 Å². The number of nitrogens with one attached hydrogen (secondary N) is 2. The van der Waals surface area contributed by atoms with Crippen molar-refractivity contribution in [2.45, 2.75) is 19.8 Å². The Hall–Kier alpha value is -4.16. The lowest BCUT2D eigenvalue weighted by atomic mass is 9.88. The number of rotatable bonds is 11. The highest BCUT2D eigenvalue weighted by Gasteiger charge is 2.17. The van der Waals surface area contributed by atoms with Gasteiger partial charge in [-0.05, 0) is 64.9 Å². The maximum absolute atomic E-state index is 11.8. The minimum absolute atomic E-state index is 0.103. The van der Waals surface area contributed by atoms with Gasteiger partial charge in [0.25, 0.3) is 0 Å². The maximum atomic E-state index is 11.8. The topological polar surface area (TPSA) is 70.2 Å². The SMILES string of the molecule is CCC(=C(c1ccc(OCCNCC=CC(=O)N2CCC2)cc1)c1ccc2[nH]ncc2c1)c1ccccc1. The molecule has 0 aliphatic carbocycles. The Morgan fingerprint density at radius 1 is 1.03 bits per heavy atom. The third kappa shape index (κ3) is 6.03. The predicted octanol–water partition coefficient (Wildman–Crippen LogP) is 5.69. The molecule has 2 N–H and O–H groups in total. The zero-order chi connectivity index (χ0) is 26.2. The number of amides is 1. The van der Waals surface area contributed by atoms with E-state index in [4.69, 9.17) is 4.74 Å². The monoisotopic (exact) mass is 506 g/mol. The van der Waals surface area contributed by atoms with Gasteiger partial charge in [0.15, 0.2) is 0 Å². The van der Waals surface area contributed by atoms with E-state index in [1.807, 2.05) is 29.3 Å². The molecule has 3 aromatic carbocycles. The van der Waals surface area contributed by atoms with E-state index >= 15 is 0 Å². The van der Waals surface area contributed by atoms with Gasteiger partial charge >= 0.3 is 0 Å². The molecule has 0 atom stereocenters. The Labute approximate surface area is 224 Å². The van der Waals surface area contributed by atoms with E-state index in [1.54, 1.807) is 6.08 Å². The van der Waals surface area contributed by atoms with E-state index in [9.17, 15) is 4.79 Å². The van der Waals surface area contributed by atoms with Crippen molar-refractivity contribution in [3.8, 4) is 5.75 Å². The van der Waals surface area contributed by atoms with Crippen molar-refractivity contribution in [3.05, 3.63) is 108 Å². The van der Waals surface area contributed by atoms with Gasteiger partial charge in [-0.1, -0.05) is 61.5 Å². The van der Waals surface area contributed by atoms with Crippen LogP contribution in [0.1, 0.15) is 36.5 Å². The van der Waals surface area contributed by atoms with E-state index < -0.39 is 0 Å². The van der Waals surface area contributed by atoms with E-state index in [1.165, 1.54) is 16.7 Å². The quantitative estimate of drug-likeness (QED) is 0.156. The van der Waals surface area contributed by atoms with Crippen molar-refractivity contribution < 1.29 is 9.53 Å². The lowest BCUT2D eigenvalue weighted by Crippen LogP contribution is -2.41. The highest BCUT2D eigenvalue weighted by molar-refractivity contribution is 6.00. The number of likely N-dealkylation sites (tertiary alicyclic amines) is 1. The van der Waals surface area contributed by atoms with Crippen LogP contribution in [0.4, 0.5) is 0 Å². The highest BCUT2D eigenvalue weighted by atomic mass is 16.5. The van der Waals surface area contributed by atoms with Gasteiger partial charge in [0.1, 0.15) is 12.4 Å². The maximum Gasteiger partial charge on any atom is 0.246 e. The highest BCUT2D eigenvalue weighted by Crippen LogP contribution is 2.36. The number of carbonyl (C=O) groups is 1. The largest absolute Gasteiger partial charge is 0.492 e. The fraction of sp³-hybridized carbons (Fsp3) is 0.250. The van der Waals surface area contributed by atoms with Gasteiger partial charge < -0.3 is 15.0 Å². The van der Waals surface area contributed by atoms with Crippen molar-refractivity contribution in [3.63, 3.8) is 0 Å². The number of benzene rings is 3. The molecular formula is C32H34N4O2. The Morgan fingerprint density at radius 2 is 1.82 bits per heavy atom. The lowest BCUT2D eigenvalue weighted by Gasteiger charge is -2.29. The first-order valence-corrected chi connectivity index (χ1v) is 13.3. The van der Waals surface area contributed by atoms with E-state index in [0.717, 1.165) is 53.7 Å². The summed E-state index contributed by atoms with van der Waals surface area (Å²) in [7, 11) is 0. The van der Waals surface area contributed by atoms with E-state index in [0.29, 0.717) is 19.7 Å². The van der Waals surface area contributed by atoms with Gasteiger partial charge in [-0.3, -0.25) is 9.89 Å². The molecule has 1 fully saturated rings. The van der Waals surface area contributed by atoms with Crippen LogP contribution in [0, 0.1) is 0 Å². The molecule has 1 aliphatic heterocycles. The summed E-state index contributed by atoms with van der Waals surface area (Å²) in [4.78, 5) is 13.7. The Bertz CT molecular complexity index is 1420. The average Bonchev–Trinajstić information content (AvgIpc) is 3.39. The van der Waals surface area contributed by atoms with Gasteiger partial charge in [-0.25, -0.2) is 0 Å². The first-order valence-electron chi connectivity index (χ1n) is 13.3. The van der Waals surface area contributed by atoms with E-state index in [-0.39, 0.29) is 5.91 Å². The molecule has 1 amide bonds. The first kappa shape index (κ1) is 25.5. The molecule has 1 aliphatic rings. The molecule has 0 saturated carbocycles. The fourth-order valence-corrected chi connectivity index (χ4v) is 4.72. The normalized spacial score (nSPS) is 14.0. The number of fused-ring (bicyclic) bond motifs is 1. The zero-order valence-electron chi connectivity index (χ0n) is 21.8. The van der Waals surface area contributed by atoms with Crippen LogP contribution in [-0.2, 0) is 4.79 Å². The minimum atomic E-state index is 0.103. The summed E-state index contributed by atoms with van der Waals surface area (Å²) in [5, 5.41) is 11.6. The van der Waals surface area contributed by atoms with Crippen molar-refractivity contribution in [2.75, 3.05) is 32.8 Å². The number of allylic oxidation sites excluding steroid dienone is 1. The Kier molecular flexibility index (Phi) is 8.31. The van der Waals surface area contributed by atoms with Crippen molar-refractivity contribution in [1.29, 1.82) is 0 Å². The standard InChI is InChI=1S/C32H34N4O2/c1-2-29(24-8-4-3-5-9-24)32(26-13-16-30-27(22-26)23-34-35-30)25-11-14-28(15-12-25)38-21-18-33-17-6-10-31(37)36-19-7-20-36/h3-6,8-16,22-23,33H,2,7,17-21H2,1H3,(H,34,35). The van der Waals surface area contributed by atoms with Crippen molar-refractivity contribution in [1.82, 2.24) is 20.4 Å². The molecule has 1 saturated heterocycles. The van der Waals surface area contributed by atoms with Crippen LogP contribution in [0.25, 0.3) is 22.0 Å². The molecule has 0 bridgehead atoms. The smallest absolute Gasteiger partial charge is 0.246 e. The van der Waals surface area contributed by atoms with Gasteiger partial charge in [0.05, 0.1) is 11.7 Å². The Morgan fingerprint density at radius 3 is 2.55 bits per heavy atom. The molecular weight excluding hydrogens is 472 g/mol. The van der Waals surface area contributed by atoms with Gasteiger partial charge in [0.2, 0.25) is 5.91 Å². The van der Waals surface area contributed by atoms with Crippen molar-refractivity contribution >= 4 is 28.0 Å². The van der Waals surface area contributed by atoms with Crippen LogP contribution < -0.4 is 10.1 Å². The summed E-state index contributed by atoms with van der Waals surface area (Å²) < 4.78 is 5.97. The fourth-order valence-electron chi connectivity index (χ4n) is 4.72. The number of aromatic amines is 1. The number of H-pyrrole nitrogens is 1. The van der Waals surface area contributed by atoms with Crippen LogP contribution >= 0.6 is 0 Å². The molecule has 6 heteroatoms. The second-order valence-corrected chi connectivity index (χ2v) is 9.40. The summed E-state index contributed by atoms with van der Waals surface area (Å²) in [5.41, 5.74) is 7.08. The molecule has 0 unspecified atom stereocenters. The summed E-state index contributed by atoms with van der Waals surface area (Å²) in [6.45, 7) is 5.87. The van der Waals surface area contributed by atoms with Crippen LogP contribution in [0.5, 0.6) is 5.75 Å². The third-order valence-electron chi connectivity index (χ3n) is 6.89. The first-order chi connectivity index (χ1) is 18.7. The average molecular weight is 507 g/mol. The number of ether oxygens (including phenoxy) is 1. The molecule has 4 aromatic rings. The summed E-state index contributed by atoms with van der Waals surface area (Å²) in [5.74, 6) is 0.937. The summed E-state index contributed by atoms with van der Waals surface area (Å²) in [6.07, 6.45) is 7.42. The van der Waals surface area contributed by atoms with Crippen LogP contribution in [0.15, 0.2) is 91.1 Å². The van der Waals surface area contributed by atoms with Crippen LogP contribution in [-0.4, -0.2) is 53.8 Å². The summed E-state index contributed by atoms with van der Waals surface area (Å²) >= 11 is 0. The zero-order valence-corrected chi connectivity index (χ0v) is 21.8. The number of nitrogens with zero attached hydrogens (tertiary/aromatic N) is 2. The van der Waals surface area contributed by atoms with Crippen LogP contribution in [0.2, 0.25) is 0 Å².